The van der Waals surface area contributed by atoms with Crippen molar-refractivity contribution in [3.8, 4) is 0 Å². The minimum absolute atomic E-state index is 0.240. The van der Waals surface area contributed by atoms with Gasteiger partial charge in [-0.25, -0.2) is 4.72 Å². The van der Waals surface area contributed by atoms with Crippen molar-refractivity contribution in [2.75, 3.05) is 7.11 Å². The molecule has 1 aromatic carbocycles. The Morgan fingerprint density at radius 3 is 2.82 bits per heavy atom. The van der Waals surface area contributed by atoms with Gasteiger partial charge in [-0.3, -0.25) is 4.79 Å². The number of allylic oxidation sites excluding steroid dienone is 1. The van der Waals surface area contributed by atoms with Crippen LogP contribution in [0.1, 0.15) is 12.8 Å². The lowest BCUT2D eigenvalue weighted by atomic mass is 10.2. The van der Waals surface area contributed by atoms with Crippen molar-refractivity contribution in [2.24, 2.45) is 0 Å². The molecule has 1 rings (SSSR count). The van der Waals surface area contributed by atoms with Gasteiger partial charge in [-0.15, -0.1) is 6.58 Å². The van der Waals surface area contributed by atoms with E-state index in [4.69, 9.17) is 4.74 Å². The molecule has 0 spiro atoms. The van der Waals surface area contributed by atoms with E-state index in [0.29, 0.717) is 6.42 Å². The molecule has 17 heavy (non-hydrogen) atoms. The van der Waals surface area contributed by atoms with E-state index in [1.807, 2.05) is 30.3 Å². The number of benzene rings is 1. The molecule has 1 N–H and O–H groups in total. The molecular formula is C13H17NO2S. The second-order valence-corrected chi connectivity index (χ2v) is 4.39. The molecule has 4 heteroatoms. The number of rotatable bonds is 7. The van der Waals surface area contributed by atoms with Crippen molar-refractivity contribution >= 4 is 17.9 Å². The Morgan fingerprint density at radius 1 is 1.53 bits per heavy atom. The van der Waals surface area contributed by atoms with Crippen LogP contribution in [0.3, 0.4) is 0 Å². The van der Waals surface area contributed by atoms with Crippen LogP contribution in [0, 0.1) is 0 Å². The van der Waals surface area contributed by atoms with E-state index in [-0.39, 0.29) is 12.0 Å². The third-order valence-corrected chi connectivity index (χ3v) is 3.12. The SMILES string of the molecule is C=CCCC(NSc1ccccc1)C(=O)OC. The summed E-state index contributed by atoms with van der Waals surface area (Å²) in [7, 11) is 1.40. The summed E-state index contributed by atoms with van der Waals surface area (Å²) < 4.78 is 7.86. The Hall–Kier alpha value is -1.26. The van der Waals surface area contributed by atoms with Crippen LogP contribution >= 0.6 is 11.9 Å². The van der Waals surface area contributed by atoms with Crippen LogP contribution in [0.4, 0.5) is 0 Å². The standard InChI is InChI=1S/C13H17NO2S/c1-3-4-10-12(13(15)16-2)14-17-11-8-6-5-7-9-11/h3,5-9,12,14H,1,4,10H2,2H3. The van der Waals surface area contributed by atoms with E-state index in [1.165, 1.54) is 19.1 Å². The summed E-state index contributed by atoms with van der Waals surface area (Å²) in [4.78, 5) is 12.6. The second-order valence-electron chi connectivity index (χ2n) is 3.47. The predicted octanol–water partition coefficient (Wildman–Crippen LogP) is 2.79. The van der Waals surface area contributed by atoms with Crippen molar-refractivity contribution in [2.45, 2.75) is 23.8 Å². The Balaban J connectivity index is 2.48. The summed E-state index contributed by atoms with van der Waals surface area (Å²) in [5, 5.41) is 0. The quantitative estimate of drug-likeness (QED) is 0.459. The highest BCUT2D eigenvalue weighted by molar-refractivity contribution is 7.97. The number of carbonyl (C=O) groups is 1. The van der Waals surface area contributed by atoms with Gasteiger partial charge in [0.25, 0.3) is 0 Å². The van der Waals surface area contributed by atoms with E-state index in [2.05, 4.69) is 11.3 Å². The van der Waals surface area contributed by atoms with Gasteiger partial charge in [0.15, 0.2) is 0 Å². The first-order valence-electron chi connectivity index (χ1n) is 5.44. The Morgan fingerprint density at radius 2 is 2.24 bits per heavy atom. The summed E-state index contributed by atoms with van der Waals surface area (Å²) >= 11 is 1.44. The smallest absolute Gasteiger partial charge is 0.323 e. The first-order chi connectivity index (χ1) is 8.27. The number of carbonyl (C=O) groups excluding carboxylic acids is 1. The molecular weight excluding hydrogens is 234 g/mol. The third-order valence-electron chi connectivity index (χ3n) is 2.21. The van der Waals surface area contributed by atoms with Crippen molar-refractivity contribution in [1.82, 2.24) is 4.72 Å². The summed E-state index contributed by atoms with van der Waals surface area (Å²) in [6.45, 7) is 3.65. The zero-order valence-corrected chi connectivity index (χ0v) is 10.7. The van der Waals surface area contributed by atoms with Crippen LogP contribution in [0.2, 0.25) is 0 Å². The molecule has 0 aliphatic heterocycles. The summed E-state index contributed by atoms with van der Waals surface area (Å²) in [5.41, 5.74) is 0. The van der Waals surface area contributed by atoms with Gasteiger partial charge >= 0.3 is 5.97 Å². The van der Waals surface area contributed by atoms with Crippen LogP contribution in [-0.2, 0) is 9.53 Å². The minimum Gasteiger partial charge on any atom is -0.468 e. The monoisotopic (exact) mass is 251 g/mol. The molecule has 0 amide bonds. The maximum atomic E-state index is 11.5. The zero-order chi connectivity index (χ0) is 12.5. The van der Waals surface area contributed by atoms with E-state index >= 15 is 0 Å². The van der Waals surface area contributed by atoms with Crippen molar-refractivity contribution in [1.29, 1.82) is 0 Å². The zero-order valence-electron chi connectivity index (χ0n) is 9.89. The average Bonchev–Trinajstić information content (AvgIpc) is 2.39. The predicted molar refractivity (Wildman–Crippen MR) is 70.7 cm³/mol. The highest BCUT2D eigenvalue weighted by atomic mass is 32.2. The fourth-order valence-corrected chi connectivity index (χ4v) is 2.07. The number of nitrogens with one attached hydrogen (secondary N) is 1. The molecule has 1 atom stereocenters. The Bertz CT molecular complexity index is 354. The Labute approximate surface area is 106 Å². The van der Waals surface area contributed by atoms with Crippen molar-refractivity contribution < 1.29 is 9.53 Å². The van der Waals surface area contributed by atoms with Gasteiger partial charge in [-0.2, -0.15) is 0 Å². The van der Waals surface area contributed by atoms with Gasteiger partial charge in [0, 0.05) is 4.90 Å². The number of hydrogen-bond acceptors (Lipinski definition) is 4. The molecule has 0 aliphatic rings. The van der Waals surface area contributed by atoms with Gasteiger partial charge in [0.2, 0.25) is 0 Å². The highest BCUT2D eigenvalue weighted by Crippen LogP contribution is 2.15. The lowest BCUT2D eigenvalue weighted by Gasteiger charge is -2.14. The van der Waals surface area contributed by atoms with Crippen LogP contribution < -0.4 is 4.72 Å². The van der Waals surface area contributed by atoms with E-state index < -0.39 is 0 Å². The fourth-order valence-electron chi connectivity index (χ4n) is 1.28. The minimum atomic E-state index is -0.303. The normalized spacial score (nSPS) is 11.8. The molecule has 0 saturated heterocycles. The van der Waals surface area contributed by atoms with Crippen LogP contribution in [0.25, 0.3) is 0 Å². The molecule has 0 aromatic heterocycles. The molecule has 0 bridgehead atoms. The van der Waals surface area contributed by atoms with Crippen molar-refractivity contribution in [3.05, 3.63) is 43.0 Å². The largest absolute Gasteiger partial charge is 0.468 e. The first kappa shape index (κ1) is 13.8. The lowest BCUT2D eigenvalue weighted by molar-refractivity contribution is -0.142. The maximum Gasteiger partial charge on any atom is 0.323 e. The summed E-state index contributed by atoms with van der Waals surface area (Å²) in [6, 6.07) is 9.55. The molecule has 1 aromatic rings. The van der Waals surface area contributed by atoms with Gasteiger partial charge in [0.1, 0.15) is 6.04 Å². The van der Waals surface area contributed by atoms with E-state index in [0.717, 1.165) is 11.3 Å². The van der Waals surface area contributed by atoms with E-state index in [9.17, 15) is 4.79 Å². The molecule has 0 saturated carbocycles. The topological polar surface area (TPSA) is 38.3 Å². The van der Waals surface area contributed by atoms with Gasteiger partial charge in [-0.1, -0.05) is 24.3 Å². The molecule has 0 fully saturated rings. The van der Waals surface area contributed by atoms with Gasteiger partial charge in [-0.05, 0) is 36.9 Å². The molecule has 0 heterocycles. The molecule has 1 unspecified atom stereocenters. The molecule has 0 aliphatic carbocycles. The molecule has 3 nitrogen and oxygen atoms in total. The summed E-state index contributed by atoms with van der Waals surface area (Å²) in [6.07, 6.45) is 3.27. The molecule has 92 valence electrons. The highest BCUT2D eigenvalue weighted by Gasteiger charge is 2.17. The van der Waals surface area contributed by atoms with Crippen molar-refractivity contribution in [3.63, 3.8) is 0 Å². The average molecular weight is 251 g/mol. The Kier molecular flexibility index (Phi) is 6.43. The fraction of sp³-hybridized carbons (Fsp3) is 0.308. The van der Waals surface area contributed by atoms with Crippen LogP contribution in [-0.4, -0.2) is 19.1 Å². The van der Waals surface area contributed by atoms with Gasteiger partial charge in [0.05, 0.1) is 7.11 Å². The number of ether oxygens (including phenoxy) is 1. The lowest BCUT2D eigenvalue weighted by Crippen LogP contribution is -2.33. The van der Waals surface area contributed by atoms with Crippen LogP contribution in [0.15, 0.2) is 47.9 Å². The number of methoxy groups -OCH3 is 1. The van der Waals surface area contributed by atoms with Gasteiger partial charge < -0.3 is 4.74 Å². The first-order valence-corrected chi connectivity index (χ1v) is 6.25. The molecule has 0 radical (unpaired) electrons. The summed E-state index contributed by atoms with van der Waals surface area (Å²) in [5.74, 6) is -0.240. The second kappa shape index (κ2) is 7.92. The number of esters is 1. The maximum absolute atomic E-state index is 11.5. The van der Waals surface area contributed by atoms with E-state index in [1.54, 1.807) is 6.08 Å². The van der Waals surface area contributed by atoms with Crippen LogP contribution in [0.5, 0.6) is 0 Å². The third kappa shape index (κ3) is 5.06. The number of hydrogen-bond donors (Lipinski definition) is 1.